The van der Waals surface area contributed by atoms with Crippen LogP contribution in [0.15, 0.2) is 69.8 Å². The smallest absolute Gasteiger partial charge is 0.363 e. The van der Waals surface area contributed by atoms with Crippen molar-refractivity contribution < 1.29 is 19.0 Å². The van der Waals surface area contributed by atoms with Gasteiger partial charge in [0.15, 0.2) is 17.2 Å². The fraction of sp³-hybridized carbons (Fsp3) is 0.200. The molecule has 0 fully saturated rings. The number of esters is 1. The lowest BCUT2D eigenvalue weighted by molar-refractivity contribution is -0.129. The third-order valence-electron chi connectivity index (χ3n) is 4.73. The van der Waals surface area contributed by atoms with Gasteiger partial charge in [0.05, 0.1) is 17.7 Å². The number of rotatable bonds is 7. The first-order valence-electron chi connectivity index (χ1n) is 10.2. The zero-order valence-corrected chi connectivity index (χ0v) is 18.9. The summed E-state index contributed by atoms with van der Waals surface area (Å²) >= 11 is 3.55. The van der Waals surface area contributed by atoms with E-state index in [2.05, 4.69) is 20.9 Å². The van der Waals surface area contributed by atoms with Gasteiger partial charge in [0.25, 0.3) is 0 Å². The number of carbonyl (C=O) groups excluding carboxylic acids is 1. The third kappa shape index (κ3) is 4.49. The van der Waals surface area contributed by atoms with Crippen molar-refractivity contribution in [3.63, 3.8) is 0 Å². The van der Waals surface area contributed by atoms with Crippen LogP contribution in [0, 0.1) is 0 Å². The maximum absolute atomic E-state index is 12.5. The summed E-state index contributed by atoms with van der Waals surface area (Å²) in [6.45, 7) is 5.05. The minimum atomic E-state index is -0.483. The molecule has 0 aliphatic carbocycles. The van der Waals surface area contributed by atoms with Crippen LogP contribution in [0.25, 0.3) is 16.8 Å². The Bertz CT molecular complexity index is 1190. The van der Waals surface area contributed by atoms with Crippen LogP contribution >= 0.6 is 15.9 Å². The second-order valence-corrected chi connectivity index (χ2v) is 7.83. The molecule has 0 aromatic heterocycles. The van der Waals surface area contributed by atoms with Gasteiger partial charge in [-0.15, -0.1) is 0 Å². The maximum atomic E-state index is 12.5. The number of aliphatic imine (C=N–C) groups is 1. The molecular weight excluding hydrogens is 458 g/mol. The Morgan fingerprint density at radius 2 is 1.87 bits per heavy atom. The molecule has 6 heteroatoms. The molecule has 0 radical (unpaired) electrons. The van der Waals surface area contributed by atoms with Gasteiger partial charge in [-0.2, -0.15) is 0 Å². The molecule has 5 nitrogen and oxygen atoms in total. The van der Waals surface area contributed by atoms with E-state index in [1.54, 1.807) is 6.08 Å². The molecule has 0 amide bonds. The van der Waals surface area contributed by atoms with Gasteiger partial charge in [-0.05, 0) is 69.9 Å². The molecule has 0 saturated heterocycles. The first-order valence-corrected chi connectivity index (χ1v) is 11.0. The minimum Gasteiger partial charge on any atom is -0.490 e. The maximum Gasteiger partial charge on any atom is 0.363 e. The SMILES string of the molecule is CCCOc1c(Br)cc(C=C2N=C(c3cccc4ccccc34)OC2=O)cc1OCC. The van der Waals surface area contributed by atoms with Gasteiger partial charge in [-0.25, -0.2) is 9.79 Å². The largest absolute Gasteiger partial charge is 0.490 e. The molecule has 4 rings (SSSR count). The lowest BCUT2D eigenvalue weighted by Gasteiger charge is -2.14. The molecule has 3 aromatic rings. The molecule has 0 N–H and O–H groups in total. The average Bonchev–Trinajstić information content (AvgIpc) is 3.13. The van der Waals surface area contributed by atoms with Crippen LogP contribution in [0.5, 0.6) is 11.5 Å². The van der Waals surface area contributed by atoms with E-state index in [9.17, 15) is 4.79 Å². The van der Waals surface area contributed by atoms with E-state index in [-0.39, 0.29) is 5.70 Å². The summed E-state index contributed by atoms with van der Waals surface area (Å²) in [7, 11) is 0. The number of fused-ring (bicyclic) bond motifs is 1. The molecule has 31 heavy (non-hydrogen) atoms. The van der Waals surface area contributed by atoms with E-state index in [1.165, 1.54) is 0 Å². The van der Waals surface area contributed by atoms with Crippen LogP contribution in [-0.2, 0) is 9.53 Å². The number of nitrogens with zero attached hydrogens (tertiary/aromatic N) is 1. The van der Waals surface area contributed by atoms with Crippen LogP contribution < -0.4 is 9.47 Å². The van der Waals surface area contributed by atoms with Crippen molar-refractivity contribution in [2.75, 3.05) is 13.2 Å². The molecule has 1 aliphatic rings. The zero-order chi connectivity index (χ0) is 21.8. The number of hydrogen-bond donors (Lipinski definition) is 0. The van der Waals surface area contributed by atoms with Gasteiger partial charge in [0, 0.05) is 5.56 Å². The molecular formula is C25H22BrNO4. The average molecular weight is 480 g/mol. The quantitative estimate of drug-likeness (QED) is 0.301. The highest BCUT2D eigenvalue weighted by Crippen LogP contribution is 2.38. The summed E-state index contributed by atoms with van der Waals surface area (Å²) in [6, 6.07) is 17.5. The van der Waals surface area contributed by atoms with Crippen LogP contribution in [0.2, 0.25) is 0 Å². The van der Waals surface area contributed by atoms with Crippen molar-refractivity contribution in [1.29, 1.82) is 0 Å². The molecule has 0 saturated carbocycles. The molecule has 3 aromatic carbocycles. The van der Waals surface area contributed by atoms with Gasteiger partial charge >= 0.3 is 5.97 Å². The van der Waals surface area contributed by atoms with Gasteiger partial charge in [-0.1, -0.05) is 43.3 Å². The molecule has 0 unspecified atom stereocenters. The van der Waals surface area contributed by atoms with Crippen LogP contribution in [0.3, 0.4) is 0 Å². The topological polar surface area (TPSA) is 57.1 Å². The van der Waals surface area contributed by atoms with Crippen molar-refractivity contribution >= 4 is 44.6 Å². The fourth-order valence-electron chi connectivity index (χ4n) is 3.37. The Morgan fingerprint density at radius 1 is 1.06 bits per heavy atom. The number of carbonyl (C=O) groups is 1. The van der Waals surface area contributed by atoms with E-state index < -0.39 is 5.97 Å². The highest BCUT2D eigenvalue weighted by atomic mass is 79.9. The predicted molar refractivity (Wildman–Crippen MR) is 126 cm³/mol. The standard InChI is InChI=1S/C25H22BrNO4/c1-3-12-30-23-20(26)13-16(15-22(23)29-4-2)14-21-25(28)31-24(27-21)19-11-7-9-17-8-5-6-10-18(17)19/h5-11,13-15H,3-4,12H2,1-2H3. The first kappa shape index (κ1) is 21.1. The number of hydrogen-bond acceptors (Lipinski definition) is 5. The van der Waals surface area contributed by atoms with Crippen molar-refractivity contribution in [2.45, 2.75) is 20.3 Å². The Balaban J connectivity index is 1.71. The van der Waals surface area contributed by atoms with Crippen molar-refractivity contribution in [3.05, 3.63) is 75.9 Å². The molecule has 0 bridgehead atoms. The van der Waals surface area contributed by atoms with E-state index in [1.807, 2.05) is 68.4 Å². The molecule has 0 atom stereocenters. The normalized spacial score (nSPS) is 14.6. The Labute approximate surface area is 189 Å². The molecule has 1 heterocycles. The monoisotopic (exact) mass is 479 g/mol. The van der Waals surface area contributed by atoms with Gasteiger partial charge in [0.2, 0.25) is 5.90 Å². The summed E-state index contributed by atoms with van der Waals surface area (Å²) in [4.78, 5) is 17.0. The number of ether oxygens (including phenoxy) is 3. The summed E-state index contributed by atoms with van der Waals surface area (Å²) in [5.74, 6) is 1.09. The Morgan fingerprint density at radius 3 is 2.68 bits per heavy atom. The lowest BCUT2D eigenvalue weighted by Crippen LogP contribution is -2.06. The van der Waals surface area contributed by atoms with E-state index in [4.69, 9.17) is 14.2 Å². The van der Waals surface area contributed by atoms with Crippen LogP contribution in [0.4, 0.5) is 0 Å². The van der Waals surface area contributed by atoms with Crippen LogP contribution in [0.1, 0.15) is 31.4 Å². The van der Waals surface area contributed by atoms with Crippen molar-refractivity contribution in [2.24, 2.45) is 4.99 Å². The third-order valence-corrected chi connectivity index (χ3v) is 5.32. The Hall–Kier alpha value is -3.12. The lowest BCUT2D eigenvalue weighted by atomic mass is 10.0. The number of halogens is 1. The van der Waals surface area contributed by atoms with Crippen molar-refractivity contribution in [3.8, 4) is 11.5 Å². The number of cyclic esters (lactones) is 1. The highest BCUT2D eigenvalue weighted by molar-refractivity contribution is 9.10. The van der Waals surface area contributed by atoms with Gasteiger partial charge < -0.3 is 14.2 Å². The first-order chi connectivity index (χ1) is 15.1. The van der Waals surface area contributed by atoms with Crippen LogP contribution in [-0.4, -0.2) is 25.1 Å². The molecule has 0 spiro atoms. The zero-order valence-electron chi connectivity index (χ0n) is 17.4. The van der Waals surface area contributed by atoms with E-state index in [0.717, 1.165) is 32.8 Å². The fourth-order valence-corrected chi connectivity index (χ4v) is 3.95. The summed E-state index contributed by atoms with van der Waals surface area (Å²) < 4.78 is 17.8. The predicted octanol–water partition coefficient (Wildman–Crippen LogP) is 6.13. The number of benzene rings is 3. The van der Waals surface area contributed by atoms with E-state index in [0.29, 0.717) is 30.6 Å². The summed E-state index contributed by atoms with van der Waals surface area (Å²) in [6.07, 6.45) is 2.58. The van der Waals surface area contributed by atoms with E-state index >= 15 is 0 Å². The second-order valence-electron chi connectivity index (χ2n) is 6.97. The minimum absolute atomic E-state index is 0.236. The van der Waals surface area contributed by atoms with Gasteiger partial charge in [0.1, 0.15) is 0 Å². The summed E-state index contributed by atoms with van der Waals surface area (Å²) in [5.41, 5.74) is 1.78. The Kier molecular flexibility index (Phi) is 6.37. The van der Waals surface area contributed by atoms with Gasteiger partial charge in [-0.3, -0.25) is 0 Å². The molecule has 1 aliphatic heterocycles. The highest BCUT2D eigenvalue weighted by Gasteiger charge is 2.25. The van der Waals surface area contributed by atoms with Crippen molar-refractivity contribution in [1.82, 2.24) is 0 Å². The molecule has 158 valence electrons. The summed E-state index contributed by atoms with van der Waals surface area (Å²) in [5, 5.41) is 2.04. The second kappa shape index (κ2) is 9.35.